The third-order valence-corrected chi connectivity index (χ3v) is 4.20. The second kappa shape index (κ2) is 8.27. The molecule has 0 fully saturated rings. The molecule has 0 heterocycles. The fraction of sp³-hybridized carbons (Fsp3) is 0.300. The van der Waals surface area contributed by atoms with Crippen LogP contribution in [0.25, 0.3) is 0 Å². The first-order chi connectivity index (χ1) is 12.2. The van der Waals surface area contributed by atoms with Crippen molar-refractivity contribution in [2.24, 2.45) is 5.92 Å². The fourth-order valence-electron chi connectivity index (χ4n) is 2.66. The molecule has 1 N–H and O–H groups in total. The van der Waals surface area contributed by atoms with Gasteiger partial charge in [0.1, 0.15) is 5.78 Å². The van der Waals surface area contributed by atoms with E-state index >= 15 is 0 Å². The second-order valence-corrected chi connectivity index (χ2v) is 6.00. The summed E-state index contributed by atoms with van der Waals surface area (Å²) in [4.78, 5) is 24.6. The number of hydrogen-bond acceptors (Lipinski definition) is 3. The van der Waals surface area contributed by atoms with Crippen molar-refractivity contribution in [3.8, 4) is 0 Å². The van der Waals surface area contributed by atoms with Crippen molar-refractivity contribution in [3.05, 3.63) is 71.3 Å². The number of rotatable bonds is 7. The van der Waals surface area contributed by atoms with Gasteiger partial charge in [-0.15, -0.1) is 0 Å². The number of carbonyl (C=O) groups is 2. The molecule has 0 bridgehead atoms. The van der Waals surface area contributed by atoms with Crippen LogP contribution < -0.4 is 0 Å². The van der Waals surface area contributed by atoms with Gasteiger partial charge in [-0.3, -0.25) is 9.59 Å². The summed E-state index contributed by atoms with van der Waals surface area (Å²) >= 11 is 0. The molecule has 0 aliphatic carbocycles. The summed E-state index contributed by atoms with van der Waals surface area (Å²) in [7, 11) is 0. The minimum Gasteiger partial charge on any atom is -0.388 e. The van der Waals surface area contributed by atoms with Crippen LogP contribution in [-0.2, 0) is 11.0 Å². The van der Waals surface area contributed by atoms with E-state index in [0.717, 1.165) is 24.3 Å². The van der Waals surface area contributed by atoms with Gasteiger partial charge in [-0.25, -0.2) is 0 Å². The third kappa shape index (κ3) is 4.79. The lowest BCUT2D eigenvalue weighted by molar-refractivity contribution is -0.137. The van der Waals surface area contributed by atoms with Crippen LogP contribution in [-0.4, -0.2) is 16.7 Å². The summed E-state index contributed by atoms with van der Waals surface area (Å²) in [5.41, 5.74) is -0.340. The molecule has 0 radical (unpaired) electrons. The molecule has 0 amide bonds. The van der Waals surface area contributed by atoms with E-state index in [1.165, 1.54) is 0 Å². The van der Waals surface area contributed by atoms with Crippen molar-refractivity contribution < 1.29 is 27.9 Å². The summed E-state index contributed by atoms with van der Waals surface area (Å²) in [5, 5.41) is 10.6. The van der Waals surface area contributed by atoms with Crippen molar-refractivity contribution in [2.45, 2.75) is 32.0 Å². The first-order valence-corrected chi connectivity index (χ1v) is 8.20. The van der Waals surface area contributed by atoms with Crippen molar-refractivity contribution in [1.82, 2.24) is 0 Å². The minimum atomic E-state index is -4.49. The van der Waals surface area contributed by atoms with Gasteiger partial charge in [-0.1, -0.05) is 49.4 Å². The summed E-state index contributed by atoms with van der Waals surface area (Å²) < 4.78 is 38.1. The summed E-state index contributed by atoms with van der Waals surface area (Å²) in [6.45, 7) is 1.65. The Morgan fingerprint density at radius 1 is 1.00 bits per heavy atom. The number of hydrogen-bond donors (Lipinski definition) is 1. The highest BCUT2D eigenvalue weighted by Crippen LogP contribution is 2.33. The molecule has 2 aromatic carbocycles. The molecule has 2 aromatic rings. The van der Waals surface area contributed by atoms with Crippen molar-refractivity contribution in [1.29, 1.82) is 0 Å². The second-order valence-electron chi connectivity index (χ2n) is 6.00. The molecule has 26 heavy (non-hydrogen) atoms. The topological polar surface area (TPSA) is 54.4 Å². The van der Waals surface area contributed by atoms with Crippen molar-refractivity contribution in [3.63, 3.8) is 0 Å². The molecular weight excluding hydrogens is 345 g/mol. The van der Waals surface area contributed by atoms with E-state index in [-0.39, 0.29) is 24.2 Å². The lowest BCUT2D eigenvalue weighted by atomic mass is 9.84. The number of Topliss-reactive ketones (excluding diaryl/α,β-unsaturated/α-hetero) is 2. The Balaban J connectivity index is 2.32. The average Bonchev–Trinajstić information content (AvgIpc) is 2.65. The molecule has 2 atom stereocenters. The lowest BCUT2D eigenvalue weighted by Crippen LogP contribution is -2.25. The fourth-order valence-corrected chi connectivity index (χ4v) is 2.66. The van der Waals surface area contributed by atoms with Crippen LogP contribution in [0.2, 0.25) is 0 Å². The third-order valence-electron chi connectivity index (χ3n) is 4.20. The Kier molecular flexibility index (Phi) is 6.32. The summed E-state index contributed by atoms with van der Waals surface area (Å²) in [6.07, 6.45) is -5.83. The number of carbonyl (C=O) groups excluding carboxylic acids is 2. The highest BCUT2D eigenvalue weighted by Gasteiger charge is 2.33. The van der Waals surface area contributed by atoms with E-state index in [0.29, 0.717) is 5.56 Å². The van der Waals surface area contributed by atoms with Gasteiger partial charge < -0.3 is 5.11 Å². The van der Waals surface area contributed by atoms with Crippen molar-refractivity contribution in [2.75, 3.05) is 0 Å². The zero-order chi connectivity index (χ0) is 19.3. The van der Waals surface area contributed by atoms with Gasteiger partial charge in [0.25, 0.3) is 0 Å². The lowest BCUT2D eigenvalue weighted by Gasteiger charge is -2.22. The Morgan fingerprint density at radius 2 is 1.58 bits per heavy atom. The Hall–Kier alpha value is -2.47. The molecule has 0 aromatic heterocycles. The van der Waals surface area contributed by atoms with E-state index in [9.17, 15) is 27.9 Å². The zero-order valence-corrected chi connectivity index (χ0v) is 14.2. The smallest absolute Gasteiger partial charge is 0.388 e. The van der Waals surface area contributed by atoms with Crippen molar-refractivity contribution >= 4 is 11.6 Å². The molecule has 3 nitrogen and oxygen atoms in total. The van der Waals surface area contributed by atoms with Crippen LogP contribution in [0.5, 0.6) is 0 Å². The number of benzene rings is 2. The monoisotopic (exact) mass is 364 g/mol. The van der Waals surface area contributed by atoms with Crippen LogP contribution >= 0.6 is 0 Å². The molecule has 2 rings (SSSR count). The predicted octanol–water partition coefficient (Wildman–Crippen LogP) is 4.61. The molecule has 0 aliphatic rings. The molecule has 0 saturated carbocycles. The van der Waals surface area contributed by atoms with Crippen LogP contribution in [0, 0.1) is 5.92 Å². The number of aliphatic hydroxyl groups excluding tert-OH is 1. The Labute approximate surface area is 149 Å². The van der Waals surface area contributed by atoms with Crippen LogP contribution in [0.3, 0.4) is 0 Å². The number of halogens is 3. The molecular formula is C20H19F3O3. The van der Waals surface area contributed by atoms with Gasteiger partial charge in [0.2, 0.25) is 0 Å². The van der Waals surface area contributed by atoms with E-state index in [1.54, 1.807) is 37.3 Å². The van der Waals surface area contributed by atoms with Gasteiger partial charge in [-0.2, -0.15) is 13.2 Å². The maximum Gasteiger partial charge on any atom is 0.416 e. The van der Waals surface area contributed by atoms with E-state index < -0.39 is 29.5 Å². The molecule has 0 aliphatic heterocycles. The first kappa shape index (κ1) is 19.8. The first-order valence-electron chi connectivity index (χ1n) is 8.20. The largest absolute Gasteiger partial charge is 0.416 e. The minimum absolute atomic E-state index is 0.163. The SMILES string of the molecule is CCC(=O)CC(C(=O)c1ccccc1)C(O)c1ccc(C(F)(F)F)cc1. The maximum absolute atomic E-state index is 12.7. The van der Waals surface area contributed by atoms with Crippen LogP contribution in [0.4, 0.5) is 13.2 Å². The normalized spacial score (nSPS) is 13.9. The number of ketones is 2. The molecule has 0 saturated heterocycles. The summed E-state index contributed by atoms with van der Waals surface area (Å²) in [6, 6.07) is 12.2. The van der Waals surface area contributed by atoms with Crippen LogP contribution in [0.1, 0.15) is 47.4 Å². The van der Waals surface area contributed by atoms with Crippen LogP contribution in [0.15, 0.2) is 54.6 Å². The predicted molar refractivity (Wildman–Crippen MR) is 90.6 cm³/mol. The highest BCUT2D eigenvalue weighted by atomic mass is 19.4. The Morgan fingerprint density at radius 3 is 2.08 bits per heavy atom. The Bertz CT molecular complexity index is 752. The van der Waals surface area contributed by atoms with E-state index in [1.807, 2.05) is 0 Å². The maximum atomic E-state index is 12.7. The van der Waals surface area contributed by atoms with Gasteiger partial charge >= 0.3 is 6.18 Å². The number of aliphatic hydroxyl groups is 1. The molecule has 0 spiro atoms. The van der Waals surface area contributed by atoms with Gasteiger partial charge in [0, 0.05) is 18.4 Å². The molecule has 2 unspecified atom stereocenters. The zero-order valence-electron chi connectivity index (χ0n) is 14.2. The van der Waals surface area contributed by atoms with Gasteiger partial charge in [0.05, 0.1) is 17.6 Å². The highest BCUT2D eigenvalue weighted by molar-refractivity contribution is 6.00. The molecule has 138 valence electrons. The van der Waals surface area contributed by atoms with E-state index in [2.05, 4.69) is 0 Å². The quantitative estimate of drug-likeness (QED) is 0.730. The van der Waals surface area contributed by atoms with Gasteiger partial charge in [0.15, 0.2) is 5.78 Å². The number of alkyl halides is 3. The summed E-state index contributed by atoms with van der Waals surface area (Å²) in [5.74, 6) is -1.67. The molecule has 6 heteroatoms. The van der Waals surface area contributed by atoms with Gasteiger partial charge in [-0.05, 0) is 17.7 Å². The standard InChI is InChI=1S/C20H19F3O3/c1-2-16(24)12-17(18(25)13-6-4-3-5-7-13)19(26)14-8-10-15(11-9-14)20(21,22)23/h3-11,17,19,26H,2,12H2,1H3. The van der Waals surface area contributed by atoms with E-state index in [4.69, 9.17) is 0 Å². The average molecular weight is 364 g/mol.